The number of hydrogen-bond donors (Lipinski definition) is 2. The van der Waals surface area contributed by atoms with Crippen LogP contribution in [-0.2, 0) is 0 Å². The maximum atomic E-state index is 10.5. The lowest BCUT2D eigenvalue weighted by atomic mass is 10.1. The topological polar surface area (TPSA) is 84.9 Å². The molecule has 0 aliphatic rings. The molecule has 1 atom stereocenters. The van der Waals surface area contributed by atoms with Crippen LogP contribution in [0.15, 0.2) is 9.21 Å². The highest BCUT2D eigenvalue weighted by molar-refractivity contribution is 4.84. The zero-order valence-corrected chi connectivity index (χ0v) is 7.20. The first-order valence-corrected chi connectivity index (χ1v) is 3.90. The largest absolute Gasteiger partial charge is 0.434 e. The molecule has 1 heterocycles. The maximum absolute atomic E-state index is 10.5. The molecule has 0 aliphatic heterocycles. The predicted octanol–water partition coefficient (Wildman–Crippen LogP) is 0.409. The van der Waals surface area contributed by atoms with Gasteiger partial charge in [-0.25, -0.2) is 9.89 Å². The van der Waals surface area contributed by atoms with Gasteiger partial charge >= 0.3 is 5.76 Å². The molecule has 12 heavy (non-hydrogen) atoms. The van der Waals surface area contributed by atoms with Gasteiger partial charge in [0.05, 0.1) is 6.04 Å². The van der Waals surface area contributed by atoms with Crippen LogP contribution >= 0.6 is 0 Å². The molecule has 0 bridgehead atoms. The van der Waals surface area contributed by atoms with Crippen LogP contribution in [0.3, 0.4) is 0 Å². The van der Waals surface area contributed by atoms with Crippen molar-refractivity contribution in [3.8, 4) is 0 Å². The number of aromatic nitrogens is 2. The second kappa shape index (κ2) is 3.53. The Morgan fingerprint density at radius 2 is 2.33 bits per heavy atom. The molecule has 1 aromatic rings. The van der Waals surface area contributed by atoms with Crippen LogP contribution in [0.1, 0.15) is 32.2 Å². The summed E-state index contributed by atoms with van der Waals surface area (Å²) in [5, 5.41) is 5.81. The van der Waals surface area contributed by atoms with Crippen LogP contribution in [0.5, 0.6) is 0 Å². The Kier molecular flexibility index (Phi) is 2.65. The average Bonchev–Trinajstić information content (AvgIpc) is 2.34. The Balaban J connectivity index is 2.65. The number of nitrogens with zero attached hydrogens (tertiary/aromatic N) is 1. The molecule has 1 aromatic heterocycles. The zero-order chi connectivity index (χ0) is 9.14. The van der Waals surface area contributed by atoms with Crippen molar-refractivity contribution in [2.45, 2.75) is 26.3 Å². The molecule has 0 radical (unpaired) electrons. The monoisotopic (exact) mass is 171 g/mol. The quantitative estimate of drug-likeness (QED) is 0.689. The molecule has 5 nitrogen and oxygen atoms in total. The van der Waals surface area contributed by atoms with E-state index < -0.39 is 5.76 Å². The van der Waals surface area contributed by atoms with Gasteiger partial charge in [-0.15, -0.1) is 5.10 Å². The molecule has 3 N–H and O–H groups in total. The van der Waals surface area contributed by atoms with Gasteiger partial charge in [0.25, 0.3) is 0 Å². The van der Waals surface area contributed by atoms with E-state index in [0.29, 0.717) is 5.92 Å². The first kappa shape index (κ1) is 8.99. The standard InChI is InChI=1S/C7H13N3O2/c1-4(2)3-5(8)6-9-10-7(11)12-6/h4-5H,3,8H2,1-2H3,(H,10,11)/t5-/m1/s1. The van der Waals surface area contributed by atoms with Crippen LogP contribution in [0.2, 0.25) is 0 Å². The first-order valence-electron chi connectivity index (χ1n) is 3.90. The SMILES string of the molecule is CC(C)C[C@@H](N)c1n[nH]c(=O)o1. The highest BCUT2D eigenvalue weighted by Gasteiger charge is 2.13. The highest BCUT2D eigenvalue weighted by Crippen LogP contribution is 2.14. The van der Waals surface area contributed by atoms with Gasteiger partial charge in [-0.1, -0.05) is 13.8 Å². The van der Waals surface area contributed by atoms with Crippen LogP contribution in [0, 0.1) is 5.92 Å². The molecule has 0 aromatic carbocycles. The van der Waals surface area contributed by atoms with E-state index in [0.717, 1.165) is 6.42 Å². The van der Waals surface area contributed by atoms with Gasteiger partial charge in [0.15, 0.2) is 0 Å². The molecular weight excluding hydrogens is 158 g/mol. The summed E-state index contributed by atoms with van der Waals surface area (Å²) in [5.41, 5.74) is 5.69. The van der Waals surface area contributed by atoms with Crippen molar-refractivity contribution in [2.75, 3.05) is 0 Å². The molecule has 0 saturated heterocycles. The Morgan fingerprint density at radius 1 is 1.67 bits per heavy atom. The van der Waals surface area contributed by atoms with Gasteiger partial charge < -0.3 is 10.2 Å². The molecule has 0 saturated carbocycles. The van der Waals surface area contributed by atoms with E-state index >= 15 is 0 Å². The fraction of sp³-hybridized carbons (Fsp3) is 0.714. The molecule has 0 aliphatic carbocycles. The minimum atomic E-state index is -0.552. The predicted molar refractivity (Wildman–Crippen MR) is 43.5 cm³/mol. The van der Waals surface area contributed by atoms with Crippen molar-refractivity contribution >= 4 is 0 Å². The summed E-state index contributed by atoms with van der Waals surface area (Å²) in [4.78, 5) is 10.5. The summed E-state index contributed by atoms with van der Waals surface area (Å²) in [6.07, 6.45) is 0.758. The third kappa shape index (κ3) is 2.20. The Hall–Kier alpha value is -1.10. The molecule has 5 heteroatoms. The summed E-state index contributed by atoms with van der Waals surface area (Å²) in [7, 11) is 0. The minimum absolute atomic E-state index is 0.286. The molecule has 0 spiro atoms. The molecular formula is C7H13N3O2. The number of nitrogens with one attached hydrogen (secondary N) is 1. The first-order chi connectivity index (χ1) is 5.59. The molecule has 68 valence electrons. The molecule has 0 unspecified atom stereocenters. The lowest BCUT2D eigenvalue weighted by Gasteiger charge is -2.08. The van der Waals surface area contributed by atoms with Crippen molar-refractivity contribution in [1.29, 1.82) is 0 Å². The number of aromatic amines is 1. The smallest absolute Gasteiger partial charge is 0.391 e. The second-order valence-corrected chi connectivity index (χ2v) is 3.19. The summed E-state index contributed by atoms with van der Waals surface area (Å²) in [6, 6.07) is -0.288. The Bertz CT molecular complexity index is 289. The number of H-pyrrole nitrogens is 1. The van der Waals surface area contributed by atoms with Crippen LogP contribution < -0.4 is 11.5 Å². The Labute approximate surface area is 70.0 Å². The van der Waals surface area contributed by atoms with E-state index in [2.05, 4.69) is 10.2 Å². The summed E-state index contributed by atoms with van der Waals surface area (Å²) in [6.45, 7) is 4.09. The lowest BCUT2D eigenvalue weighted by Crippen LogP contribution is -2.13. The van der Waals surface area contributed by atoms with Crippen molar-refractivity contribution in [1.82, 2.24) is 10.2 Å². The summed E-state index contributed by atoms with van der Waals surface area (Å²) < 4.78 is 4.70. The van der Waals surface area contributed by atoms with E-state index in [1.807, 2.05) is 13.8 Å². The second-order valence-electron chi connectivity index (χ2n) is 3.19. The van der Waals surface area contributed by atoms with Crippen molar-refractivity contribution < 1.29 is 4.42 Å². The fourth-order valence-corrected chi connectivity index (χ4v) is 1.01. The van der Waals surface area contributed by atoms with E-state index in [1.54, 1.807) is 0 Å². The van der Waals surface area contributed by atoms with E-state index in [9.17, 15) is 4.79 Å². The van der Waals surface area contributed by atoms with Gasteiger partial charge in [0, 0.05) is 0 Å². The molecule has 0 amide bonds. The summed E-state index contributed by atoms with van der Waals surface area (Å²) >= 11 is 0. The zero-order valence-electron chi connectivity index (χ0n) is 7.20. The third-order valence-corrected chi connectivity index (χ3v) is 1.50. The average molecular weight is 171 g/mol. The van der Waals surface area contributed by atoms with E-state index in [1.165, 1.54) is 0 Å². The number of hydrogen-bond acceptors (Lipinski definition) is 4. The van der Waals surface area contributed by atoms with Crippen molar-refractivity contribution in [2.24, 2.45) is 11.7 Å². The van der Waals surface area contributed by atoms with Gasteiger partial charge in [0.1, 0.15) is 0 Å². The van der Waals surface area contributed by atoms with Crippen molar-refractivity contribution in [3.63, 3.8) is 0 Å². The minimum Gasteiger partial charge on any atom is -0.391 e. The third-order valence-electron chi connectivity index (χ3n) is 1.50. The fourth-order valence-electron chi connectivity index (χ4n) is 1.01. The van der Waals surface area contributed by atoms with Crippen LogP contribution in [-0.4, -0.2) is 10.2 Å². The summed E-state index contributed by atoms with van der Waals surface area (Å²) in [5.74, 6) is 0.194. The highest BCUT2D eigenvalue weighted by atomic mass is 16.4. The van der Waals surface area contributed by atoms with E-state index in [4.69, 9.17) is 10.2 Å². The maximum Gasteiger partial charge on any atom is 0.434 e. The normalized spacial score (nSPS) is 13.7. The van der Waals surface area contributed by atoms with Gasteiger partial charge in [0.2, 0.25) is 5.89 Å². The molecule has 0 fully saturated rings. The van der Waals surface area contributed by atoms with Crippen LogP contribution in [0.4, 0.5) is 0 Å². The molecule has 1 rings (SSSR count). The van der Waals surface area contributed by atoms with Gasteiger partial charge in [-0.3, -0.25) is 0 Å². The van der Waals surface area contributed by atoms with Gasteiger partial charge in [-0.05, 0) is 12.3 Å². The van der Waals surface area contributed by atoms with Crippen LogP contribution in [0.25, 0.3) is 0 Å². The lowest BCUT2D eigenvalue weighted by molar-refractivity contribution is 0.388. The number of nitrogens with two attached hydrogens (primary N) is 1. The number of rotatable bonds is 3. The van der Waals surface area contributed by atoms with Gasteiger partial charge in [-0.2, -0.15) is 0 Å². The van der Waals surface area contributed by atoms with E-state index in [-0.39, 0.29) is 11.9 Å². The van der Waals surface area contributed by atoms with Crippen molar-refractivity contribution in [3.05, 3.63) is 16.4 Å². The Morgan fingerprint density at radius 3 is 2.75 bits per heavy atom.